The minimum atomic E-state index is 0.557. The Bertz CT molecular complexity index is 285. The van der Waals surface area contributed by atoms with Crippen LogP contribution in [0, 0.1) is 5.92 Å². The molecule has 1 N–H and O–H groups in total. The number of rotatable bonds is 6. The summed E-state index contributed by atoms with van der Waals surface area (Å²) in [5.74, 6) is 1.72. The van der Waals surface area contributed by atoms with Gasteiger partial charge in [-0.05, 0) is 24.3 Å². The highest BCUT2D eigenvalue weighted by Crippen LogP contribution is 2.24. The Morgan fingerprint density at radius 1 is 1.47 bits per heavy atom. The molecule has 0 aliphatic heterocycles. The summed E-state index contributed by atoms with van der Waals surface area (Å²) in [6, 6.07) is 2.58. The van der Waals surface area contributed by atoms with E-state index < -0.39 is 0 Å². The van der Waals surface area contributed by atoms with E-state index >= 15 is 0 Å². The number of ether oxygens (including phenoxy) is 1. The topological polar surface area (TPSA) is 21.3 Å². The first kappa shape index (κ1) is 12.5. The Balaban J connectivity index is 2.43. The summed E-state index contributed by atoms with van der Waals surface area (Å²) in [5, 5.41) is 5.61. The van der Waals surface area contributed by atoms with Crippen molar-refractivity contribution in [2.75, 3.05) is 7.11 Å². The zero-order valence-corrected chi connectivity index (χ0v) is 10.9. The van der Waals surface area contributed by atoms with E-state index in [1.54, 1.807) is 18.4 Å². The van der Waals surface area contributed by atoms with Gasteiger partial charge in [0.2, 0.25) is 0 Å². The normalized spacial score (nSPS) is 14.9. The summed E-state index contributed by atoms with van der Waals surface area (Å²) in [6.45, 7) is 7.67. The van der Waals surface area contributed by atoms with Gasteiger partial charge in [-0.15, -0.1) is 11.3 Å². The van der Waals surface area contributed by atoms with E-state index in [1.165, 1.54) is 11.3 Å². The predicted molar refractivity (Wildman–Crippen MR) is 66.6 cm³/mol. The van der Waals surface area contributed by atoms with Crippen LogP contribution in [0.1, 0.15) is 32.1 Å². The highest BCUT2D eigenvalue weighted by Gasteiger charge is 2.11. The standard InChI is InChI=1S/C12H21NOS/c1-5-9(2)10(3)13-8-12-11(14-4)6-7-15-12/h6-7,9-10,13H,5,8H2,1-4H3. The van der Waals surface area contributed by atoms with Gasteiger partial charge in [-0.3, -0.25) is 0 Å². The molecule has 1 rings (SSSR count). The second-order valence-corrected chi connectivity index (χ2v) is 4.97. The SMILES string of the molecule is CCC(C)C(C)NCc1sccc1OC. The Kier molecular flexibility index (Phi) is 5.12. The van der Waals surface area contributed by atoms with Gasteiger partial charge in [-0.2, -0.15) is 0 Å². The van der Waals surface area contributed by atoms with Crippen LogP contribution in [0.3, 0.4) is 0 Å². The van der Waals surface area contributed by atoms with Gasteiger partial charge in [0.1, 0.15) is 5.75 Å². The van der Waals surface area contributed by atoms with E-state index in [0.717, 1.165) is 18.2 Å². The van der Waals surface area contributed by atoms with E-state index in [0.29, 0.717) is 6.04 Å². The molecule has 0 saturated heterocycles. The van der Waals surface area contributed by atoms with Gasteiger partial charge in [-0.1, -0.05) is 20.3 Å². The highest BCUT2D eigenvalue weighted by molar-refractivity contribution is 7.10. The Morgan fingerprint density at radius 3 is 2.80 bits per heavy atom. The molecule has 2 unspecified atom stereocenters. The molecule has 15 heavy (non-hydrogen) atoms. The van der Waals surface area contributed by atoms with Crippen LogP contribution in [0.15, 0.2) is 11.4 Å². The van der Waals surface area contributed by atoms with Crippen LogP contribution in [0.25, 0.3) is 0 Å². The predicted octanol–water partition coefficient (Wildman–Crippen LogP) is 3.28. The molecule has 1 aromatic heterocycles. The fourth-order valence-corrected chi connectivity index (χ4v) is 2.24. The van der Waals surface area contributed by atoms with Gasteiger partial charge in [0.15, 0.2) is 0 Å². The van der Waals surface area contributed by atoms with Gasteiger partial charge in [0, 0.05) is 12.6 Å². The lowest BCUT2D eigenvalue weighted by atomic mass is 10.0. The molecule has 1 aromatic rings. The van der Waals surface area contributed by atoms with Crippen molar-refractivity contribution in [3.8, 4) is 5.75 Å². The lowest BCUT2D eigenvalue weighted by molar-refractivity contribution is 0.381. The summed E-state index contributed by atoms with van der Waals surface area (Å²) in [5.41, 5.74) is 0. The fraction of sp³-hybridized carbons (Fsp3) is 0.667. The van der Waals surface area contributed by atoms with E-state index in [9.17, 15) is 0 Å². The lowest BCUT2D eigenvalue weighted by Crippen LogP contribution is -2.31. The van der Waals surface area contributed by atoms with Crippen molar-refractivity contribution in [2.45, 2.75) is 39.8 Å². The molecular weight excluding hydrogens is 206 g/mol. The smallest absolute Gasteiger partial charge is 0.134 e. The number of hydrogen-bond acceptors (Lipinski definition) is 3. The van der Waals surface area contributed by atoms with E-state index in [1.807, 2.05) is 6.07 Å². The third-order valence-corrected chi connectivity index (χ3v) is 3.91. The zero-order valence-electron chi connectivity index (χ0n) is 10.0. The van der Waals surface area contributed by atoms with Crippen molar-refractivity contribution in [3.63, 3.8) is 0 Å². The fourth-order valence-electron chi connectivity index (χ4n) is 1.45. The largest absolute Gasteiger partial charge is 0.496 e. The van der Waals surface area contributed by atoms with Crippen LogP contribution in [0.2, 0.25) is 0 Å². The van der Waals surface area contributed by atoms with Crippen LogP contribution in [0.5, 0.6) is 5.75 Å². The van der Waals surface area contributed by atoms with E-state index in [4.69, 9.17) is 4.74 Å². The highest BCUT2D eigenvalue weighted by atomic mass is 32.1. The molecule has 0 aliphatic carbocycles. The van der Waals surface area contributed by atoms with Crippen LogP contribution >= 0.6 is 11.3 Å². The third-order valence-electron chi connectivity index (χ3n) is 3.01. The number of methoxy groups -OCH3 is 1. The summed E-state index contributed by atoms with van der Waals surface area (Å²) in [4.78, 5) is 1.28. The van der Waals surface area contributed by atoms with Crippen LogP contribution in [-0.2, 0) is 6.54 Å². The monoisotopic (exact) mass is 227 g/mol. The van der Waals surface area contributed by atoms with Crippen LogP contribution in [-0.4, -0.2) is 13.2 Å². The van der Waals surface area contributed by atoms with Gasteiger partial charge < -0.3 is 10.1 Å². The number of hydrogen-bond donors (Lipinski definition) is 1. The quantitative estimate of drug-likeness (QED) is 0.805. The molecule has 0 aliphatic rings. The lowest BCUT2D eigenvalue weighted by Gasteiger charge is -2.19. The van der Waals surface area contributed by atoms with Crippen molar-refractivity contribution < 1.29 is 4.74 Å². The first-order valence-corrected chi connectivity index (χ1v) is 6.40. The average molecular weight is 227 g/mol. The minimum Gasteiger partial charge on any atom is -0.496 e. The summed E-state index contributed by atoms with van der Waals surface area (Å²) in [6.07, 6.45) is 1.22. The molecule has 0 radical (unpaired) electrons. The summed E-state index contributed by atoms with van der Waals surface area (Å²) < 4.78 is 5.27. The van der Waals surface area contributed by atoms with Crippen molar-refractivity contribution in [2.24, 2.45) is 5.92 Å². The van der Waals surface area contributed by atoms with Gasteiger partial charge in [0.05, 0.1) is 12.0 Å². The first-order valence-electron chi connectivity index (χ1n) is 5.52. The van der Waals surface area contributed by atoms with E-state index in [2.05, 4.69) is 31.5 Å². The maximum atomic E-state index is 5.27. The Morgan fingerprint density at radius 2 is 2.20 bits per heavy atom. The van der Waals surface area contributed by atoms with Crippen LogP contribution in [0.4, 0.5) is 0 Å². The summed E-state index contributed by atoms with van der Waals surface area (Å²) >= 11 is 1.75. The number of nitrogens with one attached hydrogen (secondary N) is 1. The molecule has 0 bridgehead atoms. The summed E-state index contributed by atoms with van der Waals surface area (Å²) in [7, 11) is 1.73. The third kappa shape index (κ3) is 3.50. The van der Waals surface area contributed by atoms with Gasteiger partial charge in [0.25, 0.3) is 0 Å². The molecule has 3 heteroatoms. The molecule has 2 nitrogen and oxygen atoms in total. The maximum Gasteiger partial charge on any atom is 0.134 e. The molecule has 0 saturated carbocycles. The van der Waals surface area contributed by atoms with Crippen molar-refractivity contribution in [1.82, 2.24) is 5.32 Å². The molecule has 86 valence electrons. The zero-order chi connectivity index (χ0) is 11.3. The second kappa shape index (κ2) is 6.13. The van der Waals surface area contributed by atoms with Gasteiger partial charge >= 0.3 is 0 Å². The van der Waals surface area contributed by atoms with Crippen molar-refractivity contribution in [3.05, 3.63) is 16.3 Å². The molecular formula is C12H21NOS. The average Bonchev–Trinajstić information content (AvgIpc) is 2.71. The molecule has 0 fully saturated rings. The van der Waals surface area contributed by atoms with Gasteiger partial charge in [-0.25, -0.2) is 0 Å². The molecule has 2 atom stereocenters. The van der Waals surface area contributed by atoms with Crippen molar-refractivity contribution in [1.29, 1.82) is 0 Å². The minimum absolute atomic E-state index is 0.557. The molecule has 0 spiro atoms. The Hall–Kier alpha value is -0.540. The second-order valence-electron chi connectivity index (χ2n) is 3.97. The van der Waals surface area contributed by atoms with Crippen LogP contribution < -0.4 is 10.1 Å². The molecule has 0 aromatic carbocycles. The van der Waals surface area contributed by atoms with E-state index in [-0.39, 0.29) is 0 Å². The molecule has 0 amide bonds. The maximum absolute atomic E-state index is 5.27. The molecule has 1 heterocycles. The van der Waals surface area contributed by atoms with Crippen molar-refractivity contribution >= 4 is 11.3 Å². The Labute approximate surface area is 96.7 Å². The number of thiophene rings is 1. The first-order chi connectivity index (χ1) is 7.19.